The number of halogens is 3. The lowest BCUT2D eigenvalue weighted by Crippen LogP contribution is -2.57. The van der Waals surface area contributed by atoms with E-state index in [2.05, 4.69) is 16.0 Å². The second kappa shape index (κ2) is 30.3. The van der Waals surface area contributed by atoms with E-state index in [-0.39, 0.29) is 19.3 Å². The number of fused-ring (bicyclic) bond motifs is 3. The van der Waals surface area contributed by atoms with E-state index < -0.39 is 69.8 Å². The number of carboxylic acids is 1. The third kappa shape index (κ3) is 16.2. The summed E-state index contributed by atoms with van der Waals surface area (Å²) in [5.74, 6) is -6.77. The monoisotopic (exact) mass is 1250 g/mol. The summed E-state index contributed by atoms with van der Waals surface area (Å²) in [5.41, 5.74) is 36.9. The first-order valence-electron chi connectivity index (χ1n) is 30.1. The van der Waals surface area contributed by atoms with Gasteiger partial charge in [0.1, 0.15) is 0 Å². The number of alkyl halides is 3. The molecule has 0 saturated carbocycles. The van der Waals surface area contributed by atoms with E-state index in [1.807, 2.05) is 127 Å². The SMILES string of the molecule is NCCCC[C@@](N)(C(=O)Nc1ccc(C(c2ccc(NC(=O)[C@](N)(CCCCN)C(=O)c3ccc4ccccc4c3)cc2)c2ccc(NC(=O)[C@](N)(CCCCN)C(=O)c3ccc4ccccc4c3)cc2)cc1)C(=O)c1ccc2ccccc2c1.O=C(O)C(F)(F)F. The molecule has 0 aromatic heterocycles. The number of ketones is 3. The summed E-state index contributed by atoms with van der Waals surface area (Å²) >= 11 is 0. The molecule has 17 nitrogen and oxygen atoms in total. The van der Waals surface area contributed by atoms with E-state index in [9.17, 15) is 41.9 Å². The highest BCUT2D eigenvalue weighted by Crippen LogP contribution is 2.36. The topological polar surface area (TPSA) is 332 Å². The van der Waals surface area contributed by atoms with E-state index >= 15 is 0 Å². The quantitative estimate of drug-likeness (QED) is 0.00991. The van der Waals surface area contributed by atoms with Crippen LogP contribution in [-0.4, -0.2) is 88.6 Å². The normalized spacial score (nSPS) is 13.4. The Kier molecular flexibility index (Phi) is 22.5. The number of carbonyl (C=O) groups excluding carboxylic acids is 6. The highest BCUT2D eigenvalue weighted by molar-refractivity contribution is 6.23. The van der Waals surface area contributed by atoms with Crippen molar-refractivity contribution in [3.8, 4) is 0 Å². The van der Waals surface area contributed by atoms with Crippen molar-refractivity contribution in [2.24, 2.45) is 34.4 Å². The Labute approximate surface area is 530 Å². The molecule has 0 aliphatic heterocycles. The number of nitrogens with one attached hydrogen (secondary N) is 3. The molecule has 0 heterocycles. The van der Waals surface area contributed by atoms with Crippen LogP contribution in [0.25, 0.3) is 32.3 Å². The zero-order chi connectivity index (χ0) is 66.2. The molecule has 0 radical (unpaired) electrons. The minimum Gasteiger partial charge on any atom is -0.475 e. The first-order chi connectivity index (χ1) is 44.0. The van der Waals surface area contributed by atoms with Gasteiger partial charge in [-0.2, -0.15) is 13.2 Å². The van der Waals surface area contributed by atoms with Gasteiger partial charge in [-0.3, -0.25) is 28.8 Å². The number of aliphatic carboxylic acids is 1. The van der Waals surface area contributed by atoms with E-state index in [4.69, 9.17) is 44.3 Å². The van der Waals surface area contributed by atoms with Gasteiger partial charge in [-0.25, -0.2) is 4.79 Å². The lowest BCUT2D eigenvalue weighted by Gasteiger charge is -2.28. The first kappa shape index (κ1) is 68.1. The number of rotatable bonds is 27. The second-order valence-electron chi connectivity index (χ2n) is 22.8. The van der Waals surface area contributed by atoms with Crippen molar-refractivity contribution < 1.29 is 51.8 Å². The first-order valence-corrected chi connectivity index (χ1v) is 30.1. The van der Waals surface area contributed by atoms with Gasteiger partial charge in [0.05, 0.1) is 0 Å². The number of carboxylic acid groups (broad SMARTS) is 1. The molecule has 9 rings (SSSR count). The van der Waals surface area contributed by atoms with Crippen LogP contribution in [0.15, 0.2) is 200 Å². The van der Waals surface area contributed by atoms with Gasteiger partial charge in [0.25, 0.3) is 17.7 Å². The Balaban J connectivity index is 0.00000147. The molecule has 3 atom stereocenters. The number of Topliss-reactive ketones (excluding diaryl/α,β-unsaturated/α-hetero) is 3. The number of hydrogen-bond acceptors (Lipinski definition) is 13. The summed E-state index contributed by atoms with van der Waals surface area (Å²) in [7, 11) is 0. The fourth-order valence-electron chi connectivity index (χ4n) is 11.0. The highest BCUT2D eigenvalue weighted by atomic mass is 19.4. The van der Waals surface area contributed by atoms with Gasteiger partial charge in [0.2, 0.25) is 0 Å². The maximum absolute atomic E-state index is 14.3. The Morgan fingerprint density at radius 1 is 0.359 bits per heavy atom. The number of amides is 3. The van der Waals surface area contributed by atoms with Crippen molar-refractivity contribution in [2.75, 3.05) is 35.6 Å². The standard InChI is InChI=1S/C70H73N9O6.C2HF3O2/c71-40-10-7-37-68(74,62(80)55-22-19-46-13-1-4-16-52(46)43-55)65(83)77-58-31-25-49(26-32-58)61(50-27-33-59(34-28-50)78-66(84)69(75,38-8-11-41-72)63(81)56-23-20-47-14-2-5-17-53(47)44-56)51-29-35-60(36-30-51)79-67(85)70(76,39-9-12-42-73)64(82)57-24-21-48-15-3-6-18-54(48)45-57;3-2(4,5)1(6)7/h1-6,13-36,43-45,61H,7-12,37-42,71-76H2,(H,77,83)(H,78,84)(H,79,85);(H,6,7)/t68-,69-,70-;/m0./s1. The fraction of sp³-hybridized carbons (Fsp3) is 0.236. The number of hydrogen-bond donors (Lipinski definition) is 10. The van der Waals surface area contributed by atoms with Crippen LogP contribution in [0.5, 0.6) is 0 Å². The largest absolute Gasteiger partial charge is 0.490 e. The summed E-state index contributed by atoms with van der Waals surface area (Å²) in [5, 5.41) is 21.3. The average molecular weight is 1250 g/mol. The molecule has 0 spiro atoms. The summed E-state index contributed by atoms with van der Waals surface area (Å²) in [4.78, 5) is 94.8. The van der Waals surface area contributed by atoms with E-state index in [1.165, 1.54) is 0 Å². The van der Waals surface area contributed by atoms with Gasteiger partial charge < -0.3 is 55.5 Å². The molecule has 16 N–H and O–H groups in total. The Morgan fingerprint density at radius 2 is 0.598 bits per heavy atom. The molecule has 0 bridgehead atoms. The summed E-state index contributed by atoms with van der Waals surface area (Å²) in [6.45, 7) is 1.11. The fourth-order valence-corrected chi connectivity index (χ4v) is 11.0. The molecule has 0 saturated heterocycles. The van der Waals surface area contributed by atoms with Crippen LogP contribution in [0, 0.1) is 0 Å². The van der Waals surface area contributed by atoms with Crippen LogP contribution in [0.3, 0.4) is 0 Å². The predicted molar refractivity (Wildman–Crippen MR) is 354 cm³/mol. The second-order valence-corrected chi connectivity index (χ2v) is 22.8. The third-order valence-electron chi connectivity index (χ3n) is 16.3. The molecule has 0 unspecified atom stereocenters. The number of carbonyl (C=O) groups is 7. The molecule has 20 heteroatoms. The molecule has 476 valence electrons. The van der Waals surface area contributed by atoms with E-state index in [1.54, 1.807) is 72.8 Å². The highest BCUT2D eigenvalue weighted by Gasteiger charge is 2.45. The smallest absolute Gasteiger partial charge is 0.475 e. The van der Waals surface area contributed by atoms with Crippen molar-refractivity contribution in [1.82, 2.24) is 0 Å². The van der Waals surface area contributed by atoms with Crippen molar-refractivity contribution in [1.29, 1.82) is 0 Å². The van der Waals surface area contributed by atoms with Gasteiger partial charge in [0.15, 0.2) is 34.0 Å². The Bertz CT molecular complexity index is 3730. The molecule has 9 aromatic carbocycles. The zero-order valence-corrected chi connectivity index (χ0v) is 50.5. The number of unbranched alkanes of at least 4 members (excludes halogenated alkanes) is 3. The maximum Gasteiger partial charge on any atom is 0.490 e. The molecule has 0 aliphatic carbocycles. The van der Waals surface area contributed by atoms with Gasteiger partial charge in [-0.05, 0) is 181 Å². The summed E-state index contributed by atoms with van der Waals surface area (Å²) < 4.78 is 31.7. The molecule has 0 aliphatic rings. The van der Waals surface area contributed by atoms with Crippen molar-refractivity contribution >= 4 is 90.4 Å². The van der Waals surface area contributed by atoms with Crippen LogP contribution < -0.4 is 50.4 Å². The summed E-state index contributed by atoms with van der Waals surface area (Å²) in [6.07, 6.45) is -1.84. The minimum atomic E-state index is -5.08. The van der Waals surface area contributed by atoms with Crippen molar-refractivity contribution in [3.05, 3.63) is 234 Å². The van der Waals surface area contributed by atoms with Gasteiger partial charge in [0, 0.05) is 39.7 Å². The van der Waals surface area contributed by atoms with Crippen LogP contribution in [0.4, 0.5) is 30.2 Å². The number of nitrogens with two attached hydrogens (primary N) is 6. The molecule has 0 fully saturated rings. The Hall–Kier alpha value is -9.80. The van der Waals surface area contributed by atoms with Crippen LogP contribution >= 0.6 is 0 Å². The lowest BCUT2D eigenvalue weighted by atomic mass is 9.83. The van der Waals surface area contributed by atoms with Crippen molar-refractivity contribution in [2.45, 2.75) is 86.5 Å². The zero-order valence-electron chi connectivity index (χ0n) is 50.5. The average Bonchev–Trinajstić information content (AvgIpc) is 0.980. The predicted octanol–water partition coefficient (Wildman–Crippen LogP) is 10.9. The summed E-state index contributed by atoms with van der Waals surface area (Å²) in [6, 6.07) is 60.3. The Morgan fingerprint density at radius 3 is 0.826 bits per heavy atom. The van der Waals surface area contributed by atoms with Crippen LogP contribution in [0.1, 0.15) is 111 Å². The van der Waals surface area contributed by atoms with Crippen molar-refractivity contribution in [3.63, 3.8) is 0 Å². The number of anilines is 3. The van der Waals surface area contributed by atoms with Gasteiger partial charge in [-0.1, -0.05) is 146 Å². The van der Waals surface area contributed by atoms with Crippen LogP contribution in [-0.2, 0) is 19.2 Å². The lowest BCUT2D eigenvalue weighted by molar-refractivity contribution is -0.192. The number of benzene rings is 9. The van der Waals surface area contributed by atoms with Crippen LogP contribution in [0.2, 0.25) is 0 Å². The maximum atomic E-state index is 14.3. The molecule has 3 amide bonds. The molecular formula is C72H74F3N9O8. The molecular weight excluding hydrogens is 1180 g/mol. The third-order valence-corrected chi connectivity index (χ3v) is 16.3. The minimum absolute atomic E-state index is 0.0668. The van der Waals surface area contributed by atoms with E-state index in [0.29, 0.717) is 91.9 Å². The molecule has 9 aromatic rings. The molecule has 92 heavy (non-hydrogen) atoms. The van der Waals surface area contributed by atoms with E-state index in [0.717, 1.165) is 49.0 Å². The van der Waals surface area contributed by atoms with Gasteiger partial charge >= 0.3 is 12.1 Å². The van der Waals surface area contributed by atoms with Gasteiger partial charge in [-0.15, -0.1) is 0 Å².